The number of hydrogen-bond donors (Lipinski definition) is 0. The largest absolute Gasteiger partial charge is 0.341 e. The van der Waals surface area contributed by atoms with Crippen LogP contribution >= 0.6 is 0 Å². The Morgan fingerprint density at radius 3 is 2.56 bits per heavy atom. The van der Waals surface area contributed by atoms with E-state index in [9.17, 15) is 4.79 Å². The fraction of sp³-hybridized carbons (Fsp3) is 0.500. The molecule has 0 atom stereocenters. The van der Waals surface area contributed by atoms with Gasteiger partial charge in [0.2, 0.25) is 6.41 Å². The van der Waals surface area contributed by atoms with Crippen molar-refractivity contribution in [2.45, 2.75) is 32.7 Å². The van der Waals surface area contributed by atoms with Gasteiger partial charge in [-0.15, -0.1) is 0 Å². The molecule has 0 saturated heterocycles. The number of rotatable bonds is 6. The molecule has 1 aromatic carbocycles. The van der Waals surface area contributed by atoms with Gasteiger partial charge in [0.25, 0.3) is 0 Å². The third-order valence-corrected chi connectivity index (χ3v) is 3.21. The van der Waals surface area contributed by atoms with Crippen LogP contribution < -0.4 is 0 Å². The van der Waals surface area contributed by atoms with E-state index in [4.69, 9.17) is 0 Å². The highest BCUT2D eigenvalue weighted by atomic mass is 16.1. The van der Waals surface area contributed by atoms with Crippen molar-refractivity contribution in [1.29, 1.82) is 0 Å². The number of benzene rings is 1. The zero-order valence-electron chi connectivity index (χ0n) is 9.86. The standard InChI is InChI=1S/C14H19NO/c1-2-13-5-3-4-6-14(13)10-15(11-16)9-12-7-8-12/h3-6,11-12H,2,7-10H2,1H3. The zero-order chi connectivity index (χ0) is 11.4. The lowest BCUT2D eigenvalue weighted by atomic mass is 10.1. The van der Waals surface area contributed by atoms with E-state index >= 15 is 0 Å². The van der Waals surface area contributed by atoms with Gasteiger partial charge in [0, 0.05) is 13.1 Å². The fourth-order valence-corrected chi connectivity index (χ4v) is 2.05. The molecule has 1 saturated carbocycles. The Kier molecular flexibility index (Phi) is 3.60. The molecule has 0 aliphatic heterocycles. The van der Waals surface area contributed by atoms with Gasteiger partial charge in [-0.1, -0.05) is 31.2 Å². The van der Waals surface area contributed by atoms with Crippen LogP contribution in [0.4, 0.5) is 0 Å². The molecule has 1 fully saturated rings. The summed E-state index contributed by atoms with van der Waals surface area (Å²) in [6, 6.07) is 8.39. The molecule has 0 aromatic heterocycles. The van der Waals surface area contributed by atoms with Crippen molar-refractivity contribution in [2.75, 3.05) is 6.54 Å². The van der Waals surface area contributed by atoms with Crippen molar-refractivity contribution < 1.29 is 4.79 Å². The van der Waals surface area contributed by atoms with Crippen LogP contribution in [0, 0.1) is 5.92 Å². The number of carbonyl (C=O) groups excluding carboxylic acids is 1. The van der Waals surface area contributed by atoms with Crippen LogP contribution in [-0.4, -0.2) is 17.9 Å². The van der Waals surface area contributed by atoms with Crippen molar-refractivity contribution in [3.8, 4) is 0 Å². The van der Waals surface area contributed by atoms with Crippen LogP contribution in [0.15, 0.2) is 24.3 Å². The quantitative estimate of drug-likeness (QED) is 0.671. The molecular weight excluding hydrogens is 198 g/mol. The lowest BCUT2D eigenvalue weighted by molar-refractivity contribution is -0.118. The number of aryl methyl sites for hydroxylation is 1. The Labute approximate surface area is 97.3 Å². The lowest BCUT2D eigenvalue weighted by Gasteiger charge is -2.18. The summed E-state index contributed by atoms with van der Waals surface area (Å²) in [5, 5.41) is 0. The van der Waals surface area contributed by atoms with Crippen LogP contribution in [0.25, 0.3) is 0 Å². The topological polar surface area (TPSA) is 20.3 Å². The van der Waals surface area contributed by atoms with E-state index in [0.717, 1.165) is 31.8 Å². The number of carbonyl (C=O) groups is 1. The zero-order valence-corrected chi connectivity index (χ0v) is 9.86. The molecule has 0 unspecified atom stereocenters. The van der Waals surface area contributed by atoms with Gasteiger partial charge in [0.05, 0.1) is 0 Å². The van der Waals surface area contributed by atoms with Crippen LogP contribution in [0.5, 0.6) is 0 Å². The first-order valence-electron chi connectivity index (χ1n) is 6.09. The summed E-state index contributed by atoms with van der Waals surface area (Å²) in [5.74, 6) is 0.763. The monoisotopic (exact) mass is 217 g/mol. The SMILES string of the molecule is CCc1ccccc1CN(C=O)CC1CC1. The Bertz CT molecular complexity index is 358. The second-order valence-corrected chi connectivity index (χ2v) is 4.60. The summed E-state index contributed by atoms with van der Waals surface area (Å²) < 4.78 is 0. The van der Waals surface area contributed by atoms with E-state index in [1.165, 1.54) is 24.0 Å². The van der Waals surface area contributed by atoms with Gasteiger partial charge in [0.1, 0.15) is 0 Å². The Hall–Kier alpha value is -1.31. The van der Waals surface area contributed by atoms with E-state index in [2.05, 4.69) is 31.2 Å². The van der Waals surface area contributed by atoms with Gasteiger partial charge >= 0.3 is 0 Å². The second-order valence-electron chi connectivity index (χ2n) is 4.60. The Balaban J connectivity index is 2.01. The molecule has 1 aliphatic carbocycles. The van der Waals surface area contributed by atoms with E-state index in [1.807, 2.05) is 4.90 Å². The summed E-state index contributed by atoms with van der Waals surface area (Å²) in [6.45, 7) is 3.86. The highest BCUT2D eigenvalue weighted by molar-refractivity contribution is 5.48. The molecule has 2 nitrogen and oxygen atoms in total. The first-order valence-corrected chi connectivity index (χ1v) is 6.09. The number of hydrogen-bond acceptors (Lipinski definition) is 1. The molecule has 1 aromatic rings. The normalized spacial score (nSPS) is 14.8. The molecule has 0 bridgehead atoms. The predicted molar refractivity (Wildman–Crippen MR) is 65.0 cm³/mol. The molecular formula is C14H19NO. The number of amides is 1. The maximum atomic E-state index is 11.0. The van der Waals surface area contributed by atoms with Crippen LogP contribution in [-0.2, 0) is 17.8 Å². The van der Waals surface area contributed by atoms with E-state index in [1.54, 1.807) is 0 Å². The van der Waals surface area contributed by atoms with Crippen molar-refractivity contribution in [3.63, 3.8) is 0 Å². The highest BCUT2D eigenvalue weighted by Gasteiger charge is 2.23. The van der Waals surface area contributed by atoms with Crippen molar-refractivity contribution in [1.82, 2.24) is 4.90 Å². The summed E-state index contributed by atoms with van der Waals surface area (Å²) >= 11 is 0. The third-order valence-electron chi connectivity index (χ3n) is 3.21. The van der Waals surface area contributed by atoms with Crippen molar-refractivity contribution >= 4 is 6.41 Å². The molecule has 2 rings (SSSR count). The maximum absolute atomic E-state index is 11.0. The minimum Gasteiger partial charge on any atom is -0.341 e. The second kappa shape index (κ2) is 5.15. The summed E-state index contributed by atoms with van der Waals surface area (Å²) in [6.07, 6.45) is 4.61. The van der Waals surface area contributed by atoms with Crippen molar-refractivity contribution in [2.24, 2.45) is 5.92 Å². The Morgan fingerprint density at radius 2 is 2.00 bits per heavy atom. The molecule has 0 heterocycles. The van der Waals surface area contributed by atoms with Gasteiger partial charge < -0.3 is 4.90 Å². The molecule has 16 heavy (non-hydrogen) atoms. The molecule has 2 heteroatoms. The van der Waals surface area contributed by atoms with E-state index < -0.39 is 0 Å². The lowest BCUT2D eigenvalue weighted by Crippen LogP contribution is -2.24. The van der Waals surface area contributed by atoms with Gasteiger partial charge in [-0.3, -0.25) is 4.79 Å². The predicted octanol–water partition coefficient (Wildman–Crippen LogP) is 2.62. The van der Waals surface area contributed by atoms with E-state index in [-0.39, 0.29) is 0 Å². The van der Waals surface area contributed by atoms with Crippen LogP contribution in [0.1, 0.15) is 30.9 Å². The first kappa shape index (κ1) is 11.2. The third kappa shape index (κ3) is 2.84. The van der Waals surface area contributed by atoms with Crippen LogP contribution in [0.2, 0.25) is 0 Å². The highest BCUT2D eigenvalue weighted by Crippen LogP contribution is 2.29. The average molecular weight is 217 g/mol. The molecule has 0 spiro atoms. The smallest absolute Gasteiger partial charge is 0.210 e. The molecule has 0 N–H and O–H groups in total. The van der Waals surface area contributed by atoms with Gasteiger partial charge in [0.15, 0.2) is 0 Å². The summed E-state index contributed by atoms with van der Waals surface area (Å²) in [7, 11) is 0. The van der Waals surface area contributed by atoms with Crippen molar-refractivity contribution in [3.05, 3.63) is 35.4 Å². The first-order chi connectivity index (χ1) is 7.83. The maximum Gasteiger partial charge on any atom is 0.210 e. The molecule has 0 radical (unpaired) electrons. The average Bonchev–Trinajstić information content (AvgIpc) is 3.13. The summed E-state index contributed by atoms with van der Waals surface area (Å²) in [5.41, 5.74) is 2.64. The van der Waals surface area contributed by atoms with Gasteiger partial charge in [-0.05, 0) is 36.3 Å². The number of nitrogens with zero attached hydrogens (tertiary/aromatic N) is 1. The summed E-state index contributed by atoms with van der Waals surface area (Å²) in [4.78, 5) is 12.9. The Morgan fingerprint density at radius 1 is 1.31 bits per heavy atom. The minimum absolute atomic E-state index is 0.763. The minimum atomic E-state index is 0.763. The molecule has 1 amide bonds. The molecule has 86 valence electrons. The van der Waals surface area contributed by atoms with Crippen LogP contribution in [0.3, 0.4) is 0 Å². The van der Waals surface area contributed by atoms with E-state index in [0.29, 0.717) is 0 Å². The van der Waals surface area contributed by atoms with Gasteiger partial charge in [-0.25, -0.2) is 0 Å². The fourth-order valence-electron chi connectivity index (χ4n) is 2.05. The van der Waals surface area contributed by atoms with Gasteiger partial charge in [-0.2, -0.15) is 0 Å². The molecule has 1 aliphatic rings.